The number of aliphatic carboxylic acids is 1. The van der Waals surface area contributed by atoms with Gasteiger partial charge in [0.2, 0.25) is 0 Å². The van der Waals surface area contributed by atoms with Crippen molar-refractivity contribution >= 4 is 40.2 Å². The van der Waals surface area contributed by atoms with Crippen molar-refractivity contribution in [1.82, 2.24) is 9.88 Å². The van der Waals surface area contributed by atoms with Crippen molar-refractivity contribution in [3.8, 4) is 5.75 Å². The fourth-order valence-corrected chi connectivity index (χ4v) is 6.97. The Bertz CT molecular complexity index is 993. The van der Waals surface area contributed by atoms with Crippen molar-refractivity contribution in [2.75, 3.05) is 32.5 Å². The minimum atomic E-state index is -1.37. The van der Waals surface area contributed by atoms with Gasteiger partial charge in [0, 0.05) is 34.7 Å². The number of rotatable bonds is 10. The van der Waals surface area contributed by atoms with Crippen LogP contribution in [0.15, 0.2) is 24.4 Å². The Balaban J connectivity index is 1.37. The molecule has 1 saturated carbocycles. The maximum Gasteiger partial charge on any atom is 0.309 e. The number of carboxylic acid groups (broad SMARTS) is 1. The lowest BCUT2D eigenvalue weighted by molar-refractivity contribution is -0.153. The number of hydrogen-bond acceptors (Lipinski definition) is 5. The van der Waals surface area contributed by atoms with Crippen LogP contribution in [-0.2, 0) is 4.79 Å². The second-order valence-corrected chi connectivity index (χ2v) is 11.4. The molecule has 0 spiro atoms. The van der Waals surface area contributed by atoms with Gasteiger partial charge in [0.15, 0.2) is 0 Å². The summed E-state index contributed by atoms with van der Waals surface area (Å²) in [7, 11) is 1.56. The first-order valence-corrected chi connectivity index (χ1v) is 13.7. The fourth-order valence-electron chi connectivity index (χ4n) is 5.34. The number of benzene rings is 1. The van der Waals surface area contributed by atoms with Gasteiger partial charge in [0.25, 0.3) is 0 Å². The second kappa shape index (κ2) is 11.4. The van der Waals surface area contributed by atoms with Crippen LogP contribution in [0, 0.1) is 5.41 Å². The standard InChI is InChI=1S/C26H34ClFN2O3S/c1-33-18-6-7-23-20(16-18)24(21(27)17-29-23)22(28)8-9-26(25(31)32)10-12-30(13-11-26)14-15-34-19-4-2-3-5-19/h6-7,16-17,19,22H,2-5,8-15H2,1H3,(H,31,32)/t22-/m0/s1. The van der Waals surface area contributed by atoms with Crippen molar-refractivity contribution in [2.24, 2.45) is 5.41 Å². The van der Waals surface area contributed by atoms with Crippen molar-refractivity contribution in [3.05, 3.63) is 35.0 Å². The lowest BCUT2D eigenvalue weighted by atomic mass is 9.74. The highest BCUT2D eigenvalue weighted by molar-refractivity contribution is 7.99. The molecule has 1 aliphatic heterocycles. The molecule has 1 saturated heterocycles. The molecule has 34 heavy (non-hydrogen) atoms. The molecule has 2 fully saturated rings. The van der Waals surface area contributed by atoms with Crippen molar-refractivity contribution in [3.63, 3.8) is 0 Å². The molecule has 0 amide bonds. The highest BCUT2D eigenvalue weighted by Crippen LogP contribution is 2.42. The number of methoxy groups -OCH3 is 1. The van der Waals surface area contributed by atoms with E-state index in [0.717, 1.165) is 30.6 Å². The fraction of sp³-hybridized carbons (Fsp3) is 0.615. The zero-order valence-electron chi connectivity index (χ0n) is 19.8. The molecular weight excluding hydrogens is 475 g/mol. The molecule has 0 radical (unpaired) electrons. The van der Waals surface area contributed by atoms with Gasteiger partial charge in [-0.3, -0.25) is 9.78 Å². The number of alkyl halides is 1. The second-order valence-electron chi connectivity index (χ2n) is 9.61. The topological polar surface area (TPSA) is 62.7 Å². The van der Waals surface area contributed by atoms with Crippen molar-refractivity contribution in [1.29, 1.82) is 0 Å². The zero-order valence-corrected chi connectivity index (χ0v) is 21.3. The van der Waals surface area contributed by atoms with Crippen LogP contribution in [0.3, 0.4) is 0 Å². The predicted octanol–water partition coefficient (Wildman–Crippen LogP) is 6.53. The Labute approximate surface area is 210 Å². The normalized spacial score (nSPS) is 20.0. The third kappa shape index (κ3) is 5.80. The van der Waals surface area contributed by atoms with Gasteiger partial charge in [-0.05, 0) is 69.8 Å². The predicted molar refractivity (Wildman–Crippen MR) is 137 cm³/mol. The van der Waals surface area contributed by atoms with Crippen LogP contribution in [0.4, 0.5) is 4.39 Å². The molecule has 2 aliphatic rings. The summed E-state index contributed by atoms with van der Waals surface area (Å²) in [5.41, 5.74) is 0.124. The first kappa shape index (κ1) is 25.5. The third-order valence-corrected chi connectivity index (χ3v) is 9.25. The SMILES string of the molecule is COc1ccc2ncc(Cl)c([C@@H](F)CCC3(C(=O)O)CCN(CCSC4CCCC4)CC3)c2c1. The van der Waals surface area contributed by atoms with Crippen LogP contribution < -0.4 is 4.74 Å². The molecule has 8 heteroatoms. The van der Waals surface area contributed by atoms with Gasteiger partial charge in [-0.2, -0.15) is 11.8 Å². The van der Waals surface area contributed by atoms with Crippen LogP contribution >= 0.6 is 23.4 Å². The van der Waals surface area contributed by atoms with E-state index in [-0.39, 0.29) is 17.9 Å². The summed E-state index contributed by atoms with van der Waals surface area (Å²) < 4.78 is 20.9. The molecular formula is C26H34ClFN2O3S. The van der Waals surface area contributed by atoms with Gasteiger partial charge in [-0.1, -0.05) is 24.4 Å². The molecule has 0 unspecified atom stereocenters. The number of nitrogens with zero attached hydrogens (tertiary/aromatic N) is 2. The van der Waals surface area contributed by atoms with E-state index >= 15 is 4.39 Å². The third-order valence-electron chi connectivity index (χ3n) is 7.59. The van der Waals surface area contributed by atoms with Gasteiger partial charge >= 0.3 is 5.97 Å². The van der Waals surface area contributed by atoms with E-state index in [2.05, 4.69) is 21.6 Å². The minimum absolute atomic E-state index is 0.111. The Morgan fingerprint density at radius 2 is 2.09 bits per heavy atom. The first-order valence-electron chi connectivity index (χ1n) is 12.3. The number of thioether (sulfide) groups is 1. The van der Waals surface area contributed by atoms with Crippen LogP contribution in [-0.4, -0.2) is 58.7 Å². The maximum atomic E-state index is 15.6. The Morgan fingerprint density at radius 3 is 2.76 bits per heavy atom. The van der Waals surface area contributed by atoms with Crippen molar-refractivity contribution < 1.29 is 19.0 Å². The van der Waals surface area contributed by atoms with E-state index in [1.165, 1.54) is 31.9 Å². The number of ether oxygens (including phenoxy) is 1. The van der Waals surface area contributed by atoms with Gasteiger partial charge in [0.05, 0.1) is 23.1 Å². The van der Waals surface area contributed by atoms with Crippen LogP contribution in [0.1, 0.15) is 63.1 Å². The molecule has 1 aromatic heterocycles. The van der Waals surface area contributed by atoms with Gasteiger partial charge < -0.3 is 14.7 Å². The number of piperidine rings is 1. The van der Waals surface area contributed by atoms with Gasteiger partial charge in [-0.25, -0.2) is 4.39 Å². The monoisotopic (exact) mass is 508 g/mol. The quantitative estimate of drug-likeness (QED) is 0.393. The summed E-state index contributed by atoms with van der Waals surface area (Å²) >= 11 is 8.43. The van der Waals surface area contributed by atoms with E-state index in [4.69, 9.17) is 16.3 Å². The molecule has 5 nitrogen and oxygen atoms in total. The molecule has 2 heterocycles. The summed E-state index contributed by atoms with van der Waals surface area (Å²) in [5.74, 6) is 0.895. The average Bonchev–Trinajstić information content (AvgIpc) is 3.36. The van der Waals surface area contributed by atoms with E-state index in [0.29, 0.717) is 35.1 Å². The highest BCUT2D eigenvalue weighted by Gasteiger charge is 2.41. The van der Waals surface area contributed by atoms with E-state index in [1.54, 1.807) is 25.3 Å². The van der Waals surface area contributed by atoms with Crippen LogP contribution in [0.25, 0.3) is 10.9 Å². The number of carboxylic acids is 1. The molecule has 1 aliphatic carbocycles. The summed E-state index contributed by atoms with van der Waals surface area (Å²) in [5, 5.41) is 11.7. The van der Waals surface area contributed by atoms with E-state index in [9.17, 15) is 9.90 Å². The lowest BCUT2D eigenvalue weighted by Crippen LogP contribution is -2.45. The largest absolute Gasteiger partial charge is 0.497 e. The summed E-state index contributed by atoms with van der Waals surface area (Å²) in [6.07, 6.45) is 6.98. The number of likely N-dealkylation sites (tertiary alicyclic amines) is 1. The number of carbonyl (C=O) groups is 1. The smallest absolute Gasteiger partial charge is 0.309 e. The number of hydrogen-bond donors (Lipinski definition) is 1. The summed E-state index contributed by atoms with van der Waals surface area (Å²) in [6, 6.07) is 5.30. The molecule has 1 N–H and O–H groups in total. The van der Waals surface area contributed by atoms with Gasteiger partial charge in [-0.15, -0.1) is 0 Å². The molecule has 186 valence electrons. The number of fused-ring (bicyclic) bond motifs is 1. The summed E-state index contributed by atoms with van der Waals surface area (Å²) in [4.78, 5) is 18.9. The van der Waals surface area contributed by atoms with Crippen LogP contribution in [0.5, 0.6) is 5.75 Å². The Kier molecular flexibility index (Phi) is 8.59. The maximum absolute atomic E-state index is 15.6. The first-order chi connectivity index (χ1) is 16.4. The molecule has 1 atom stereocenters. The van der Waals surface area contributed by atoms with Crippen LogP contribution in [0.2, 0.25) is 5.02 Å². The number of halogens is 2. The average molecular weight is 509 g/mol. The Morgan fingerprint density at radius 1 is 1.35 bits per heavy atom. The zero-order chi connectivity index (χ0) is 24.1. The molecule has 1 aromatic carbocycles. The highest BCUT2D eigenvalue weighted by atomic mass is 35.5. The van der Waals surface area contributed by atoms with Crippen molar-refractivity contribution in [2.45, 2.75) is 62.8 Å². The van der Waals surface area contributed by atoms with E-state index < -0.39 is 17.6 Å². The number of aromatic nitrogens is 1. The van der Waals surface area contributed by atoms with Gasteiger partial charge in [0.1, 0.15) is 11.9 Å². The lowest BCUT2D eigenvalue weighted by Gasteiger charge is -2.39. The molecule has 0 bridgehead atoms. The molecule has 2 aromatic rings. The Hall–Kier alpha value is -1.57. The molecule has 4 rings (SSSR count). The summed E-state index contributed by atoms with van der Waals surface area (Å²) in [6.45, 7) is 2.51. The number of pyridine rings is 1. The van der Waals surface area contributed by atoms with E-state index in [1.807, 2.05) is 0 Å². The minimum Gasteiger partial charge on any atom is -0.497 e.